The van der Waals surface area contributed by atoms with Crippen LogP contribution in [0.4, 0.5) is 15.8 Å². The smallest absolute Gasteiger partial charge is 0.261 e. The van der Waals surface area contributed by atoms with Gasteiger partial charge in [0.05, 0.1) is 21.3 Å². The van der Waals surface area contributed by atoms with Crippen LogP contribution < -0.4 is 10.5 Å². The van der Waals surface area contributed by atoms with Crippen molar-refractivity contribution in [3.63, 3.8) is 0 Å². The highest BCUT2D eigenvalue weighted by atomic mass is 79.9. The predicted molar refractivity (Wildman–Crippen MR) is 85.5 cm³/mol. The molecule has 0 amide bonds. The minimum Gasteiger partial charge on any atom is -0.396 e. The Labute approximate surface area is 135 Å². The Morgan fingerprint density at radius 1 is 1.29 bits per heavy atom. The molecule has 0 unspecified atom stereocenters. The average Bonchev–Trinajstić information content (AvgIpc) is 2.39. The number of hydrogen-bond acceptors (Lipinski definition) is 3. The zero-order valence-electron chi connectivity index (χ0n) is 10.8. The van der Waals surface area contributed by atoms with E-state index in [0.717, 1.165) is 6.07 Å². The van der Waals surface area contributed by atoms with Gasteiger partial charge in [-0.25, -0.2) is 12.8 Å². The van der Waals surface area contributed by atoms with Crippen LogP contribution in [0.25, 0.3) is 0 Å². The summed E-state index contributed by atoms with van der Waals surface area (Å²) in [6.07, 6.45) is 0. The molecule has 0 aliphatic rings. The fourth-order valence-electron chi connectivity index (χ4n) is 1.69. The molecule has 3 N–H and O–H groups in total. The third kappa shape index (κ3) is 3.48. The number of nitrogens with two attached hydrogens (primary N) is 1. The fourth-order valence-corrected chi connectivity index (χ4v) is 3.36. The number of rotatable bonds is 3. The number of halogens is 3. The quantitative estimate of drug-likeness (QED) is 0.776. The van der Waals surface area contributed by atoms with Gasteiger partial charge >= 0.3 is 0 Å². The lowest BCUT2D eigenvalue weighted by molar-refractivity contribution is 0.599. The van der Waals surface area contributed by atoms with Gasteiger partial charge in [-0.2, -0.15) is 0 Å². The molecule has 0 saturated heterocycles. The molecule has 0 radical (unpaired) electrons. The third-order valence-electron chi connectivity index (χ3n) is 2.74. The lowest BCUT2D eigenvalue weighted by Crippen LogP contribution is -2.14. The summed E-state index contributed by atoms with van der Waals surface area (Å²) in [4.78, 5) is -0.107. The number of benzene rings is 2. The highest BCUT2D eigenvalue weighted by Gasteiger charge is 2.18. The lowest BCUT2D eigenvalue weighted by atomic mass is 10.2. The van der Waals surface area contributed by atoms with Gasteiger partial charge in [0, 0.05) is 4.47 Å². The summed E-state index contributed by atoms with van der Waals surface area (Å²) in [6.45, 7) is 1.45. The van der Waals surface area contributed by atoms with Gasteiger partial charge in [0.1, 0.15) is 5.82 Å². The van der Waals surface area contributed by atoms with Gasteiger partial charge < -0.3 is 5.73 Å². The van der Waals surface area contributed by atoms with Crippen LogP contribution in [-0.2, 0) is 10.0 Å². The Morgan fingerprint density at radius 3 is 2.52 bits per heavy atom. The highest BCUT2D eigenvalue weighted by Crippen LogP contribution is 2.28. The molecule has 0 atom stereocenters. The van der Waals surface area contributed by atoms with Crippen molar-refractivity contribution in [3.05, 3.63) is 51.2 Å². The van der Waals surface area contributed by atoms with Gasteiger partial charge in [0.25, 0.3) is 10.0 Å². The number of hydrogen-bond donors (Lipinski definition) is 2. The van der Waals surface area contributed by atoms with Crippen molar-refractivity contribution in [2.24, 2.45) is 0 Å². The molecule has 2 aromatic rings. The van der Waals surface area contributed by atoms with Crippen LogP contribution in [0.1, 0.15) is 5.56 Å². The van der Waals surface area contributed by atoms with E-state index < -0.39 is 15.8 Å². The second-order valence-electron chi connectivity index (χ2n) is 4.38. The normalized spacial score (nSPS) is 11.4. The largest absolute Gasteiger partial charge is 0.396 e. The molecule has 0 saturated carbocycles. The Bertz CT molecular complexity index is 789. The van der Waals surface area contributed by atoms with Crippen molar-refractivity contribution < 1.29 is 12.8 Å². The Hall–Kier alpha value is -1.31. The van der Waals surface area contributed by atoms with Crippen molar-refractivity contribution in [2.45, 2.75) is 11.8 Å². The van der Waals surface area contributed by atoms with Crippen LogP contribution in [0.2, 0.25) is 5.02 Å². The van der Waals surface area contributed by atoms with Crippen molar-refractivity contribution in [1.29, 1.82) is 0 Å². The minimum atomic E-state index is -3.87. The lowest BCUT2D eigenvalue weighted by Gasteiger charge is -2.11. The molecule has 112 valence electrons. The zero-order valence-corrected chi connectivity index (χ0v) is 14.0. The van der Waals surface area contributed by atoms with E-state index in [1.54, 1.807) is 6.07 Å². The number of aryl methyl sites for hydroxylation is 1. The monoisotopic (exact) mass is 392 g/mol. The van der Waals surface area contributed by atoms with Gasteiger partial charge in [0.15, 0.2) is 0 Å². The Kier molecular flexibility index (Phi) is 4.46. The van der Waals surface area contributed by atoms with Gasteiger partial charge in [-0.15, -0.1) is 0 Å². The maximum atomic E-state index is 13.5. The van der Waals surface area contributed by atoms with E-state index in [4.69, 9.17) is 17.3 Å². The van der Waals surface area contributed by atoms with Crippen LogP contribution in [0.3, 0.4) is 0 Å². The second kappa shape index (κ2) is 5.82. The molecular weight excluding hydrogens is 383 g/mol. The minimum absolute atomic E-state index is 0.107. The summed E-state index contributed by atoms with van der Waals surface area (Å²) >= 11 is 9.05. The van der Waals surface area contributed by atoms with Crippen LogP contribution in [-0.4, -0.2) is 8.42 Å². The molecule has 0 bridgehead atoms. The van der Waals surface area contributed by atoms with E-state index >= 15 is 0 Å². The maximum absolute atomic E-state index is 13.5. The first-order chi connectivity index (χ1) is 9.70. The zero-order chi connectivity index (χ0) is 15.8. The SMILES string of the molecule is Cc1cc(S(=O)(=O)Nc2ccc(Cl)c(Br)c2)cc(N)c1F. The van der Waals surface area contributed by atoms with Gasteiger partial charge in [-0.3, -0.25) is 4.72 Å². The standard InChI is InChI=1S/C13H11BrClFN2O2S/c1-7-4-9(6-12(17)13(7)16)21(19,20)18-8-2-3-11(15)10(14)5-8/h2-6,18H,17H2,1H3. The van der Waals surface area contributed by atoms with Gasteiger partial charge in [0.2, 0.25) is 0 Å². The summed E-state index contributed by atoms with van der Waals surface area (Å²) in [7, 11) is -3.87. The maximum Gasteiger partial charge on any atom is 0.261 e. The summed E-state index contributed by atoms with van der Waals surface area (Å²) in [5.74, 6) is -0.622. The van der Waals surface area contributed by atoms with E-state index in [9.17, 15) is 12.8 Å². The van der Waals surface area contributed by atoms with E-state index in [1.807, 2.05) is 0 Å². The molecule has 0 aliphatic carbocycles. The fraction of sp³-hybridized carbons (Fsp3) is 0.0769. The predicted octanol–water partition coefficient (Wildman–Crippen LogP) is 3.93. The molecule has 8 heteroatoms. The van der Waals surface area contributed by atoms with E-state index in [2.05, 4.69) is 20.7 Å². The third-order valence-corrected chi connectivity index (χ3v) is 5.31. The molecule has 0 spiro atoms. The van der Waals surface area contributed by atoms with Crippen molar-refractivity contribution in [3.8, 4) is 0 Å². The molecular formula is C13H11BrClFN2O2S. The Balaban J connectivity index is 2.40. The summed E-state index contributed by atoms with van der Waals surface area (Å²) in [6, 6.07) is 6.90. The summed E-state index contributed by atoms with van der Waals surface area (Å²) in [5, 5.41) is 0.458. The number of nitrogens with one attached hydrogen (secondary N) is 1. The number of anilines is 2. The first kappa shape index (κ1) is 16.1. The van der Waals surface area contributed by atoms with Gasteiger partial charge in [-0.05, 0) is 58.7 Å². The Morgan fingerprint density at radius 2 is 1.95 bits per heavy atom. The number of nitrogen functional groups attached to an aromatic ring is 1. The molecule has 0 fully saturated rings. The van der Waals surface area contributed by atoms with Crippen molar-refractivity contribution >= 4 is 48.9 Å². The molecule has 0 aromatic heterocycles. The topological polar surface area (TPSA) is 72.2 Å². The first-order valence-corrected chi connectivity index (χ1v) is 8.39. The van der Waals surface area contributed by atoms with E-state index in [-0.39, 0.29) is 16.1 Å². The molecule has 0 heterocycles. The molecule has 0 aliphatic heterocycles. The summed E-state index contributed by atoms with van der Waals surface area (Å²) in [5.41, 5.74) is 5.73. The van der Waals surface area contributed by atoms with Crippen LogP contribution in [0, 0.1) is 12.7 Å². The average molecular weight is 394 g/mol. The van der Waals surface area contributed by atoms with E-state index in [0.29, 0.717) is 15.2 Å². The van der Waals surface area contributed by atoms with E-state index in [1.165, 1.54) is 25.1 Å². The molecule has 2 aromatic carbocycles. The highest BCUT2D eigenvalue weighted by molar-refractivity contribution is 9.10. The molecule has 4 nitrogen and oxygen atoms in total. The second-order valence-corrected chi connectivity index (χ2v) is 7.32. The molecule has 2 rings (SSSR count). The number of sulfonamides is 1. The molecule has 21 heavy (non-hydrogen) atoms. The summed E-state index contributed by atoms with van der Waals surface area (Å²) < 4.78 is 41.0. The van der Waals surface area contributed by atoms with Crippen LogP contribution >= 0.6 is 27.5 Å². The van der Waals surface area contributed by atoms with Gasteiger partial charge in [-0.1, -0.05) is 11.6 Å². The van der Waals surface area contributed by atoms with Crippen LogP contribution in [0.15, 0.2) is 39.7 Å². The first-order valence-electron chi connectivity index (χ1n) is 5.74. The van der Waals surface area contributed by atoms with Crippen molar-refractivity contribution in [1.82, 2.24) is 0 Å². The van der Waals surface area contributed by atoms with Crippen molar-refractivity contribution in [2.75, 3.05) is 10.5 Å². The van der Waals surface area contributed by atoms with Crippen LogP contribution in [0.5, 0.6) is 0 Å².